The Hall–Kier alpha value is -1.62. The number of nitrogens with one attached hydrogen (secondary N) is 2. The Morgan fingerprint density at radius 1 is 1.42 bits per heavy atom. The lowest BCUT2D eigenvalue weighted by Crippen LogP contribution is -2.32. The van der Waals surface area contributed by atoms with Crippen molar-refractivity contribution < 1.29 is 5.11 Å². The summed E-state index contributed by atoms with van der Waals surface area (Å²) in [6, 6.07) is 3.69. The smallest absolute Gasteiger partial charge is 0.186 e. The Morgan fingerprint density at radius 2 is 2.21 bits per heavy atom. The second-order valence-corrected chi connectivity index (χ2v) is 5.05. The first-order valence-electron chi connectivity index (χ1n) is 6.55. The molecule has 0 radical (unpaired) electrons. The van der Waals surface area contributed by atoms with Gasteiger partial charge in [0.05, 0.1) is 5.71 Å². The summed E-state index contributed by atoms with van der Waals surface area (Å²) in [6.07, 6.45) is 2.89. The van der Waals surface area contributed by atoms with Crippen molar-refractivity contribution in [3.63, 3.8) is 0 Å². The molecule has 5 heteroatoms. The van der Waals surface area contributed by atoms with E-state index in [0.717, 1.165) is 37.1 Å². The average molecular weight is 277 g/mol. The number of nitrogens with zero attached hydrogens (tertiary/aromatic N) is 1. The molecule has 0 amide bonds. The number of rotatable bonds is 2. The Balaban J connectivity index is 2.29. The van der Waals surface area contributed by atoms with Crippen molar-refractivity contribution >= 4 is 23.0 Å². The van der Waals surface area contributed by atoms with Gasteiger partial charge in [-0.2, -0.15) is 5.10 Å². The Bertz CT molecular complexity index is 526. The van der Waals surface area contributed by atoms with Crippen LogP contribution in [0.15, 0.2) is 17.2 Å². The second-order valence-electron chi connectivity index (χ2n) is 4.64. The van der Waals surface area contributed by atoms with Crippen LogP contribution in [0.5, 0.6) is 5.75 Å². The first-order valence-corrected chi connectivity index (χ1v) is 6.96. The molecule has 0 bridgehead atoms. The molecule has 0 aliphatic heterocycles. The van der Waals surface area contributed by atoms with Crippen molar-refractivity contribution in [2.45, 2.75) is 33.1 Å². The second kappa shape index (κ2) is 6.02. The number of phenols is 1. The number of fused-ring (bicyclic) bond motifs is 1. The molecular weight excluding hydrogens is 258 g/mol. The van der Waals surface area contributed by atoms with Gasteiger partial charge in [-0.05, 0) is 62.5 Å². The van der Waals surface area contributed by atoms with Crippen molar-refractivity contribution in [2.24, 2.45) is 5.10 Å². The van der Waals surface area contributed by atoms with Crippen LogP contribution in [0, 0.1) is 6.92 Å². The number of aryl methyl sites for hydroxylation is 1. The van der Waals surface area contributed by atoms with Gasteiger partial charge in [0.1, 0.15) is 5.75 Å². The minimum absolute atomic E-state index is 0.301. The molecule has 1 aromatic rings. The summed E-state index contributed by atoms with van der Waals surface area (Å²) in [5.41, 5.74) is 6.99. The van der Waals surface area contributed by atoms with E-state index in [9.17, 15) is 5.11 Å². The van der Waals surface area contributed by atoms with Crippen LogP contribution in [0.4, 0.5) is 0 Å². The monoisotopic (exact) mass is 277 g/mol. The SMILES string of the molecule is CCNC(=S)N/N=C1\CCCc2c(C)ccc(O)c21. The maximum Gasteiger partial charge on any atom is 0.186 e. The molecule has 4 nitrogen and oxygen atoms in total. The third-order valence-electron chi connectivity index (χ3n) is 3.28. The molecule has 0 fully saturated rings. The zero-order valence-corrected chi connectivity index (χ0v) is 12.1. The number of thiocarbonyl (C=S) groups is 1. The number of phenolic OH excluding ortho intramolecular Hbond substituents is 1. The lowest BCUT2D eigenvalue weighted by Gasteiger charge is -2.21. The summed E-state index contributed by atoms with van der Waals surface area (Å²) in [5, 5.41) is 17.9. The maximum absolute atomic E-state index is 10.1. The highest BCUT2D eigenvalue weighted by atomic mass is 32.1. The largest absolute Gasteiger partial charge is 0.507 e. The van der Waals surface area contributed by atoms with Crippen LogP contribution in [0.1, 0.15) is 36.5 Å². The number of aromatic hydroxyl groups is 1. The van der Waals surface area contributed by atoms with Crippen molar-refractivity contribution in [1.82, 2.24) is 10.7 Å². The summed E-state index contributed by atoms with van der Waals surface area (Å²) < 4.78 is 0. The fraction of sp³-hybridized carbons (Fsp3) is 0.429. The van der Waals surface area contributed by atoms with E-state index in [1.54, 1.807) is 6.07 Å². The fourth-order valence-corrected chi connectivity index (χ4v) is 2.56. The van der Waals surface area contributed by atoms with Gasteiger partial charge in [-0.3, -0.25) is 5.43 Å². The van der Waals surface area contributed by atoms with Crippen LogP contribution < -0.4 is 10.7 Å². The number of hydrazone groups is 1. The summed E-state index contributed by atoms with van der Waals surface area (Å²) in [6.45, 7) is 4.81. The molecule has 0 saturated heterocycles. The van der Waals surface area contributed by atoms with E-state index in [4.69, 9.17) is 12.2 Å². The minimum atomic E-state index is 0.301. The minimum Gasteiger partial charge on any atom is -0.507 e. The van der Waals surface area contributed by atoms with E-state index in [2.05, 4.69) is 22.8 Å². The zero-order valence-electron chi connectivity index (χ0n) is 11.3. The van der Waals surface area contributed by atoms with Crippen LogP contribution in [0.2, 0.25) is 0 Å². The summed E-state index contributed by atoms with van der Waals surface area (Å²) in [5.74, 6) is 0.301. The van der Waals surface area contributed by atoms with Crippen LogP contribution >= 0.6 is 12.2 Å². The lowest BCUT2D eigenvalue weighted by atomic mass is 9.86. The molecule has 1 aromatic carbocycles. The topological polar surface area (TPSA) is 56.7 Å². The lowest BCUT2D eigenvalue weighted by molar-refractivity contribution is 0.472. The highest BCUT2D eigenvalue weighted by Gasteiger charge is 2.20. The first kappa shape index (κ1) is 13.8. The Morgan fingerprint density at radius 3 is 2.95 bits per heavy atom. The van der Waals surface area contributed by atoms with E-state index < -0.39 is 0 Å². The highest BCUT2D eigenvalue weighted by Crippen LogP contribution is 2.31. The molecule has 19 heavy (non-hydrogen) atoms. The Labute approximate surface area is 118 Å². The molecule has 3 N–H and O–H groups in total. The third kappa shape index (κ3) is 3.04. The van der Waals surface area contributed by atoms with E-state index >= 15 is 0 Å². The fourth-order valence-electron chi connectivity index (χ4n) is 2.37. The molecule has 0 aromatic heterocycles. The van der Waals surface area contributed by atoms with Gasteiger partial charge in [0.15, 0.2) is 5.11 Å². The predicted octanol–water partition coefficient (Wildman–Crippen LogP) is 2.23. The molecule has 1 aliphatic carbocycles. The summed E-state index contributed by atoms with van der Waals surface area (Å²) in [4.78, 5) is 0. The number of hydrogen-bond donors (Lipinski definition) is 3. The van der Waals surface area contributed by atoms with Gasteiger partial charge < -0.3 is 10.4 Å². The molecule has 0 heterocycles. The van der Waals surface area contributed by atoms with E-state index in [-0.39, 0.29) is 0 Å². The van der Waals surface area contributed by atoms with Crippen molar-refractivity contribution in [3.8, 4) is 5.75 Å². The quantitative estimate of drug-likeness (QED) is 0.573. The van der Waals surface area contributed by atoms with Gasteiger partial charge in [0.25, 0.3) is 0 Å². The van der Waals surface area contributed by atoms with Gasteiger partial charge >= 0.3 is 0 Å². The van der Waals surface area contributed by atoms with Gasteiger partial charge in [-0.1, -0.05) is 6.07 Å². The Kier molecular flexibility index (Phi) is 4.37. The van der Waals surface area contributed by atoms with Gasteiger partial charge in [0, 0.05) is 12.1 Å². The third-order valence-corrected chi connectivity index (χ3v) is 3.52. The van der Waals surface area contributed by atoms with Gasteiger partial charge in [-0.25, -0.2) is 0 Å². The van der Waals surface area contributed by atoms with Crippen molar-refractivity contribution in [1.29, 1.82) is 0 Å². The summed E-state index contributed by atoms with van der Waals surface area (Å²) >= 11 is 5.09. The first-order chi connectivity index (χ1) is 9.13. The molecule has 2 rings (SSSR count). The van der Waals surface area contributed by atoms with Crippen LogP contribution in [-0.4, -0.2) is 22.5 Å². The van der Waals surface area contributed by atoms with E-state index in [0.29, 0.717) is 10.9 Å². The van der Waals surface area contributed by atoms with Crippen molar-refractivity contribution in [2.75, 3.05) is 6.54 Å². The van der Waals surface area contributed by atoms with E-state index in [1.165, 1.54) is 11.1 Å². The summed E-state index contributed by atoms with van der Waals surface area (Å²) in [7, 11) is 0. The maximum atomic E-state index is 10.1. The van der Waals surface area contributed by atoms with E-state index in [1.807, 2.05) is 13.0 Å². The molecule has 0 spiro atoms. The van der Waals surface area contributed by atoms with Gasteiger partial charge in [-0.15, -0.1) is 0 Å². The molecule has 102 valence electrons. The average Bonchev–Trinajstić information content (AvgIpc) is 2.41. The number of benzene rings is 1. The van der Waals surface area contributed by atoms with Crippen LogP contribution in [-0.2, 0) is 6.42 Å². The standard InChI is InChI=1S/C14H19N3OS/c1-3-15-14(19)17-16-11-6-4-5-10-9(2)7-8-12(18)13(10)11/h7-8,18H,3-6H2,1-2H3,(H2,15,17,19)/b16-11+. The molecule has 0 unspecified atom stereocenters. The highest BCUT2D eigenvalue weighted by molar-refractivity contribution is 7.80. The van der Waals surface area contributed by atoms with Crippen molar-refractivity contribution in [3.05, 3.63) is 28.8 Å². The molecule has 1 aliphatic rings. The molecule has 0 saturated carbocycles. The molecular formula is C14H19N3OS. The number of hydrogen-bond acceptors (Lipinski definition) is 3. The predicted molar refractivity (Wildman–Crippen MR) is 81.7 cm³/mol. The van der Waals surface area contributed by atoms with Crippen LogP contribution in [0.3, 0.4) is 0 Å². The van der Waals surface area contributed by atoms with Gasteiger partial charge in [0.2, 0.25) is 0 Å². The zero-order chi connectivity index (χ0) is 13.8. The van der Waals surface area contributed by atoms with Crippen LogP contribution in [0.25, 0.3) is 0 Å². The molecule has 0 atom stereocenters. The normalized spacial score (nSPS) is 16.0.